The van der Waals surface area contributed by atoms with Gasteiger partial charge in [0.1, 0.15) is 14.9 Å². The Morgan fingerprint density at radius 3 is 2.36 bits per heavy atom. The van der Waals surface area contributed by atoms with Gasteiger partial charge in [-0.05, 0) is 18.6 Å². The first-order chi connectivity index (χ1) is 10.2. The molecule has 0 aliphatic heterocycles. The number of aryl methyl sites for hydroxylation is 1. The number of hydrogen-bond acceptors (Lipinski definition) is 6. The number of nitrogens with zero attached hydrogens (tertiary/aromatic N) is 2. The van der Waals surface area contributed by atoms with Gasteiger partial charge in [0, 0.05) is 5.92 Å². The van der Waals surface area contributed by atoms with E-state index >= 15 is 0 Å². The van der Waals surface area contributed by atoms with E-state index in [0.717, 1.165) is 0 Å². The first kappa shape index (κ1) is 16.4. The Hall–Kier alpha value is -2.00. The number of carboxylic acid groups (broad SMARTS) is 1. The molecule has 9 heteroatoms. The van der Waals surface area contributed by atoms with Gasteiger partial charge in [-0.2, -0.15) is 0 Å². The van der Waals surface area contributed by atoms with E-state index < -0.39 is 16.0 Å². The van der Waals surface area contributed by atoms with Gasteiger partial charge in [-0.1, -0.05) is 13.8 Å². The lowest BCUT2D eigenvalue weighted by Gasteiger charge is -2.07. The molecule has 22 heavy (non-hydrogen) atoms. The van der Waals surface area contributed by atoms with Crippen molar-refractivity contribution in [3.05, 3.63) is 34.7 Å². The molecular weight excluding hydrogens is 326 g/mol. The number of aromatic nitrogens is 2. The maximum atomic E-state index is 12.3. The summed E-state index contributed by atoms with van der Waals surface area (Å²) >= 11 is 0.711. The summed E-state index contributed by atoms with van der Waals surface area (Å²) in [4.78, 5) is 19.2. The zero-order valence-electron chi connectivity index (χ0n) is 12.2. The van der Waals surface area contributed by atoms with Gasteiger partial charge in [-0.25, -0.2) is 23.2 Å². The number of anilines is 1. The van der Waals surface area contributed by atoms with Crippen LogP contribution < -0.4 is 4.72 Å². The van der Waals surface area contributed by atoms with Crippen LogP contribution in [0.3, 0.4) is 0 Å². The van der Waals surface area contributed by atoms with Crippen molar-refractivity contribution in [2.75, 3.05) is 4.72 Å². The number of hydrogen-bond donors (Lipinski definition) is 2. The summed E-state index contributed by atoms with van der Waals surface area (Å²) in [7, 11) is -3.86. The highest BCUT2D eigenvalue weighted by atomic mass is 32.2. The third-order valence-electron chi connectivity index (χ3n) is 2.79. The van der Waals surface area contributed by atoms with E-state index in [2.05, 4.69) is 14.7 Å². The van der Waals surface area contributed by atoms with Crippen LogP contribution in [0, 0.1) is 6.92 Å². The lowest BCUT2D eigenvalue weighted by atomic mass is 10.2. The predicted octanol–water partition coefficient (Wildman–Crippen LogP) is 2.47. The molecule has 0 bridgehead atoms. The molecule has 0 aliphatic rings. The Kier molecular flexibility index (Phi) is 4.47. The summed E-state index contributed by atoms with van der Waals surface area (Å²) in [5, 5.41) is 8.99. The molecule has 7 nitrogen and oxygen atoms in total. The summed E-state index contributed by atoms with van der Waals surface area (Å²) in [5.41, 5.74) is 0.636. The van der Waals surface area contributed by atoms with Crippen LogP contribution in [0.2, 0.25) is 0 Å². The van der Waals surface area contributed by atoms with E-state index in [9.17, 15) is 13.2 Å². The van der Waals surface area contributed by atoms with Crippen molar-refractivity contribution < 1.29 is 18.3 Å². The standard InChI is InChI=1S/C13H15N3O4S2/c1-7(2)12-14-5-9(6-15-12)16-22(19,20)10-4-8(3)11(21-10)13(17)18/h4-7,16H,1-3H3,(H,17,18). The van der Waals surface area contributed by atoms with Crippen molar-refractivity contribution in [1.29, 1.82) is 0 Å². The van der Waals surface area contributed by atoms with Gasteiger partial charge in [-0.3, -0.25) is 4.72 Å². The molecule has 0 unspecified atom stereocenters. The Labute approximate surface area is 132 Å². The predicted molar refractivity (Wildman–Crippen MR) is 82.9 cm³/mol. The minimum atomic E-state index is -3.86. The maximum Gasteiger partial charge on any atom is 0.346 e. The number of rotatable bonds is 5. The molecule has 0 radical (unpaired) electrons. The fraction of sp³-hybridized carbons (Fsp3) is 0.308. The van der Waals surface area contributed by atoms with Crippen molar-refractivity contribution in [3.63, 3.8) is 0 Å². The zero-order chi connectivity index (χ0) is 16.5. The van der Waals surface area contributed by atoms with E-state index in [1.165, 1.54) is 18.5 Å². The molecule has 2 aromatic rings. The fourth-order valence-electron chi connectivity index (χ4n) is 1.69. The molecule has 2 rings (SSSR count). The minimum absolute atomic E-state index is 0.00628. The summed E-state index contributed by atoms with van der Waals surface area (Å²) in [6.45, 7) is 5.42. The van der Waals surface area contributed by atoms with Gasteiger partial charge in [0.2, 0.25) is 0 Å². The van der Waals surface area contributed by atoms with Crippen molar-refractivity contribution in [3.8, 4) is 0 Å². The minimum Gasteiger partial charge on any atom is -0.477 e. The van der Waals surface area contributed by atoms with Gasteiger partial charge in [0.25, 0.3) is 10.0 Å². The van der Waals surface area contributed by atoms with E-state index in [1.807, 2.05) is 13.8 Å². The average molecular weight is 341 g/mol. The van der Waals surface area contributed by atoms with Crippen molar-refractivity contribution in [1.82, 2.24) is 9.97 Å². The molecule has 0 saturated heterocycles. The fourth-order valence-corrected chi connectivity index (χ4v) is 4.10. The third kappa shape index (κ3) is 3.42. The topological polar surface area (TPSA) is 109 Å². The number of thiophene rings is 1. The summed E-state index contributed by atoms with van der Waals surface area (Å²) in [6, 6.07) is 1.33. The number of aromatic carboxylic acids is 1. The number of nitrogens with one attached hydrogen (secondary N) is 1. The van der Waals surface area contributed by atoms with Crippen molar-refractivity contribution >= 4 is 33.0 Å². The average Bonchev–Trinajstić information content (AvgIpc) is 2.82. The van der Waals surface area contributed by atoms with Crippen LogP contribution in [-0.4, -0.2) is 29.5 Å². The molecular formula is C13H15N3O4S2. The van der Waals surface area contributed by atoms with Crippen LogP contribution in [0.15, 0.2) is 22.7 Å². The van der Waals surface area contributed by atoms with E-state index in [-0.39, 0.29) is 20.7 Å². The van der Waals surface area contributed by atoms with Gasteiger partial charge in [0.05, 0.1) is 18.1 Å². The SMILES string of the molecule is Cc1cc(S(=O)(=O)Nc2cnc(C(C)C)nc2)sc1C(=O)O. The second kappa shape index (κ2) is 6.01. The zero-order valence-corrected chi connectivity index (χ0v) is 13.8. The van der Waals surface area contributed by atoms with E-state index in [1.54, 1.807) is 6.92 Å². The molecule has 118 valence electrons. The highest BCUT2D eigenvalue weighted by Crippen LogP contribution is 2.27. The smallest absolute Gasteiger partial charge is 0.346 e. The van der Waals surface area contributed by atoms with Crippen LogP contribution in [0.5, 0.6) is 0 Å². The Morgan fingerprint density at radius 2 is 1.91 bits per heavy atom. The van der Waals surface area contributed by atoms with E-state index in [0.29, 0.717) is 22.7 Å². The molecule has 0 atom stereocenters. The molecule has 2 heterocycles. The summed E-state index contributed by atoms with van der Waals surface area (Å²) in [5.74, 6) is -0.389. The molecule has 0 saturated carbocycles. The van der Waals surface area contributed by atoms with Gasteiger partial charge >= 0.3 is 5.97 Å². The third-order valence-corrected chi connectivity index (χ3v) is 5.87. The van der Waals surface area contributed by atoms with Gasteiger partial charge in [-0.15, -0.1) is 11.3 Å². The molecule has 0 aromatic carbocycles. The second-order valence-corrected chi connectivity index (χ2v) is 7.93. The number of sulfonamides is 1. The quantitative estimate of drug-likeness (QED) is 0.864. The van der Waals surface area contributed by atoms with Crippen molar-refractivity contribution in [2.24, 2.45) is 0 Å². The Bertz CT molecular complexity index is 795. The molecule has 2 N–H and O–H groups in total. The second-order valence-electron chi connectivity index (χ2n) is 4.97. The maximum absolute atomic E-state index is 12.3. The van der Waals surface area contributed by atoms with Gasteiger partial charge in [0.15, 0.2) is 0 Å². The largest absolute Gasteiger partial charge is 0.477 e. The molecule has 0 spiro atoms. The Balaban J connectivity index is 2.27. The van der Waals surface area contributed by atoms with Gasteiger partial charge < -0.3 is 5.11 Å². The summed E-state index contributed by atoms with van der Waals surface area (Å²) in [6.07, 6.45) is 2.77. The lowest BCUT2D eigenvalue weighted by molar-refractivity contribution is 0.0701. The van der Waals surface area contributed by atoms with Crippen LogP contribution in [0.25, 0.3) is 0 Å². The number of carboxylic acids is 1. The van der Waals surface area contributed by atoms with E-state index in [4.69, 9.17) is 5.11 Å². The first-order valence-corrected chi connectivity index (χ1v) is 8.69. The molecule has 2 aromatic heterocycles. The van der Waals surface area contributed by atoms with Crippen LogP contribution in [-0.2, 0) is 10.0 Å². The monoisotopic (exact) mass is 341 g/mol. The molecule has 0 amide bonds. The van der Waals surface area contributed by atoms with Crippen LogP contribution in [0.1, 0.15) is 40.8 Å². The normalized spacial score (nSPS) is 11.6. The first-order valence-electron chi connectivity index (χ1n) is 6.39. The van der Waals surface area contributed by atoms with Crippen LogP contribution >= 0.6 is 11.3 Å². The Morgan fingerprint density at radius 1 is 1.32 bits per heavy atom. The summed E-state index contributed by atoms with van der Waals surface area (Å²) < 4.78 is 26.8. The molecule has 0 aliphatic carbocycles. The lowest BCUT2D eigenvalue weighted by Crippen LogP contribution is -2.12. The molecule has 0 fully saturated rings. The van der Waals surface area contributed by atoms with Crippen molar-refractivity contribution in [2.45, 2.75) is 30.9 Å². The van der Waals surface area contributed by atoms with Crippen LogP contribution in [0.4, 0.5) is 5.69 Å². The highest BCUT2D eigenvalue weighted by Gasteiger charge is 2.22. The highest BCUT2D eigenvalue weighted by molar-refractivity contribution is 7.94. The number of carbonyl (C=O) groups is 1.